The highest BCUT2D eigenvalue weighted by Gasteiger charge is 2.40. The minimum absolute atomic E-state index is 0.133. The summed E-state index contributed by atoms with van der Waals surface area (Å²) in [6, 6.07) is 3.47. The number of alkyl carbamates (subject to hydrolysis) is 1. The molecule has 1 atom stereocenters. The molecule has 0 unspecified atom stereocenters. The molecule has 3 rings (SSSR count). The maximum atomic E-state index is 11.7. The van der Waals surface area contributed by atoms with Crippen molar-refractivity contribution in [1.29, 1.82) is 0 Å². The zero-order valence-corrected chi connectivity index (χ0v) is 12.7. The smallest absolute Gasteiger partial charge is 0.454 e. The van der Waals surface area contributed by atoms with Crippen molar-refractivity contribution in [3.05, 3.63) is 17.7 Å². The summed E-state index contributed by atoms with van der Waals surface area (Å²) in [6.45, 7) is 5.66. The van der Waals surface area contributed by atoms with Gasteiger partial charge in [0.05, 0.1) is 6.10 Å². The lowest BCUT2D eigenvalue weighted by Gasteiger charge is -2.21. The molecule has 8 heteroatoms. The molecule has 118 valence electrons. The summed E-state index contributed by atoms with van der Waals surface area (Å²) in [5.74, 6) is 1.17. The fraction of sp³-hybridized carbons (Fsp3) is 0.500. The summed E-state index contributed by atoms with van der Waals surface area (Å²) < 4.78 is 21.4. The Kier molecular flexibility index (Phi) is 3.66. The zero-order valence-electron chi connectivity index (χ0n) is 12.7. The molecule has 0 spiro atoms. The largest absolute Gasteiger partial charge is 0.492 e. The molecule has 2 aliphatic rings. The van der Waals surface area contributed by atoms with Crippen LogP contribution in [0.25, 0.3) is 0 Å². The van der Waals surface area contributed by atoms with E-state index in [9.17, 15) is 9.82 Å². The predicted molar refractivity (Wildman–Crippen MR) is 78.2 cm³/mol. The Hall–Kier alpha value is -1.93. The summed E-state index contributed by atoms with van der Waals surface area (Å²) in [5, 5.41) is 12.6. The van der Waals surface area contributed by atoms with Crippen LogP contribution in [0.15, 0.2) is 12.1 Å². The number of amides is 1. The molecule has 0 saturated heterocycles. The van der Waals surface area contributed by atoms with Gasteiger partial charge in [0.15, 0.2) is 11.5 Å². The Morgan fingerprint density at radius 1 is 1.45 bits per heavy atom. The highest BCUT2D eigenvalue weighted by molar-refractivity contribution is 6.62. The molecule has 7 nitrogen and oxygen atoms in total. The van der Waals surface area contributed by atoms with Crippen LogP contribution >= 0.6 is 0 Å². The van der Waals surface area contributed by atoms with E-state index in [2.05, 4.69) is 5.32 Å². The quantitative estimate of drug-likeness (QED) is 0.782. The third kappa shape index (κ3) is 2.84. The number of ether oxygens (including phenoxy) is 3. The predicted octanol–water partition coefficient (Wildman–Crippen LogP) is 0.699. The molecule has 0 fully saturated rings. The second-order valence-corrected chi connectivity index (χ2v) is 6.16. The van der Waals surface area contributed by atoms with Crippen molar-refractivity contribution < 1.29 is 28.7 Å². The number of hydrogen-bond donors (Lipinski definition) is 2. The fourth-order valence-electron chi connectivity index (χ4n) is 2.49. The van der Waals surface area contributed by atoms with Crippen molar-refractivity contribution in [3.63, 3.8) is 0 Å². The summed E-state index contributed by atoms with van der Waals surface area (Å²) in [7, 11) is -1.05. The lowest BCUT2D eigenvalue weighted by atomic mass is 9.79. The molecular weight excluding hydrogens is 289 g/mol. The third-order valence-corrected chi connectivity index (χ3v) is 3.32. The minimum Gasteiger partial charge on any atom is -0.454 e. The van der Waals surface area contributed by atoms with Crippen molar-refractivity contribution in [1.82, 2.24) is 5.32 Å². The van der Waals surface area contributed by atoms with Crippen LogP contribution in [0.2, 0.25) is 0 Å². The maximum absolute atomic E-state index is 11.7. The molecule has 0 radical (unpaired) electrons. The topological polar surface area (TPSA) is 86.3 Å². The van der Waals surface area contributed by atoms with E-state index in [1.54, 1.807) is 32.9 Å². The molecular formula is C14H18BNO6. The van der Waals surface area contributed by atoms with Gasteiger partial charge in [-0.2, -0.15) is 0 Å². The summed E-state index contributed by atoms with van der Waals surface area (Å²) >= 11 is 0. The van der Waals surface area contributed by atoms with E-state index in [1.165, 1.54) is 0 Å². The van der Waals surface area contributed by atoms with Gasteiger partial charge in [-0.1, -0.05) is 6.07 Å². The Balaban J connectivity index is 1.73. The Morgan fingerprint density at radius 2 is 2.23 bits per heavy atom. The van der Waals surface area contributed by atoms with Gasteiger partial charge in [-0.3, -0.25) is 0 Å². The van der Waals surface area contributed by atoms with Crippen LogP contribution in [0.5, 0.6) is 11.5 Å². The second kappa shape index (κ2) is 5.37. The van der Waals surface area contributed by atoms with E-state index < -0.39 is 24.9 Å². The van der Waals surface area contributed by atoms with Crippen LogP contribution in [0.3, 0.4) is 0 Å². The van der Waals surface area contributed by atoms with Crippen LogP contribution in [0, 0.1) is 0 Å². The lowest BCUT2D eigenvalue weighted by molar-refractivity contribution is 0.0497. The molecule has 1 aromatic carbocycles. The first kappa shape index (κ1) is 15.0. The monoisotopic (exact) mass is 307 g/mol. The second-order valence-electron chi connectivity index (χ2n) is 6.16. The molecule has 0 aromatic heterocycles. The van der Waals surface area contributed by atoms with Crippen molar-refractivity contribution >= 4 is 18.7 Å². The van der Waals surface area contributed by atoms with E-state index in [0.29, 0.717) is 22.5 Å². The Bertz CT molecular complexity index is 600. The van der Waals surface area contributed by atoms with Gasteiger partial charge in [0, 0.05) is 12.1 Å². The van der Waals surface area contributed by atoms with E-state index >= 15 is 0 Å². The first-order chi connectivity index (χ1) is 10.3. The number of rotatable bonds is 2. The average molecular weight is 307 g/mol. The van der Waals surface area contributed by atoms with Crippen LogP contribution in [-0.2, 0) is 9.39 Å². The normalized spacial score (nSPS) is 19.1. The molecule has 1 aromatic rings. The minimum atomic E-state index is -1.05. The highest BCUT2D eigenvalue weighted by Crippen LogP contribution is 2.41. The number of carbonyl (C=O) groups excluding carboxylic acids is 1. The number of fused-ring (bicyclic) bond motifs is 3. The number of benzene rings is 1. The van der Waals surface area contributed by atoms with Gasteiger partial charge in [-0.25, -0.2) is 4.79 Å². The first-order valence-corrected chi connectivity index (χ1v) is 7.08. The SMILES string of the molecule is CC(C)(C)OC(=O)NC[C@H]1OB(O)c2ccc3c(c21)OCO3. The molecule has 1 amide bonds. The molecule has 22 heavy (non-hydrogen) atoms. The van der Waals surface area contributed by atoms with Gasteiger partial charge in [0.1, 0.15) is 5.60 Å². The third-order valence-electron chi connectivity index (χ3n) is 3.32. The molecule has 0 aliphatic carbocycles. The zero-order chi connectivity index (χ0) is 15.9. The van der Waals surface area contributed by atoms with Crippen LogP contribution in [-0.4, -0.2) is 37.2 Å². The van der Waals surface area contributed by atoms with Gasteiger partial charge < -0.3 is 29.2 Å². The van der Waals surface area contributed by atoms with Crippen molar-refractivity contribution in [2.75, 3.05) is 13.3 Å². The number of nitrogens with one attached hydrogen (secondary N) is 1. The van der Waals surface area contributed by atoms with E-state index in [0.717, 1.165) is 0 Å². The Morgan fingerprint density at radius 3 is 2.95 bits per heavy atom. The molecule has 2 N–H and O–H groups in total. The van der Waals surface area contributed by atoms with E-state index in [1.807, 2.05) is 0 Å². The van der Waals surface area contributed by atoms with E-state index in [-0.39, 0.29) is 13.3 Å². The van der Waals surface area contributed by atoms with Crippen LogP contribution in [0.1, 0.15) is 32.4 Å². The summed E-state index contributed by atoms with van der Waals surface area (Å²) in [4.78, 5) is 11.7. The van der Waals surface area contributed by atoms with Gasteiger partial charge in [-0.15, -0.1) is 0 Å². The molecule has 0 saturated carbocycles. The number of carbonyl (C=O) groups is 1. The van der Waals surface area contributed by atoms with Gasteiger partial charge in [0.2, 0.25) is 6.79 Å². The number of hydrogen-bond acceptors (Lipinski definition) is 6. The van der Waals surface area contributed by atoms with Gasteiger partial charge in [-0.05, 0) is 32.3 Å². The summed E-state index contributed by atoms with van der Waals surface area (Å²) in [6.07, 6.45) is -1.06. The molecule has 0 bridgehead atoms. The van der Waals surface area contributed by atoms with Gasteiger partial charge >= 0.3 is 13.2 Å². The lowest BCUT2D eigenvalue weighted by Crippen LogP contribution is -2.35. The van der Waals surface area contributed by atoms with Crippen molar-refractivity contribution in [2.24, 2.45) is 0 Å². The maximum Gasteiger partial charge on any atom is 0.492 e. The molecule has 2 aliphatic heterocycles. The molecule has 2 heterocycles. The Labute approximate surface area is 128 Å². The van der Waals surface area contributed by atoms with Crippen molar-refractivity contribution in [3.8, 4) is 11.5 Å². The standard InChI is InChI=1S/C14H18BNO6/c1-14(2,3)21-13(17)16-6-10-11-8(15(18)22-10)4-5-9-12(11)20-7-19-9/h4-5,10,18H,6-7H2,1-3H3,(H,16,17)/t10-/m1/s1. The fourth-order valence-corrected chi connectivity index (χ4v) is 2.49. The van der Waals surface area contributed by atoms with Gasteiger partial charge in [0.25, 0.3) is 0 Å². The van der Waals surface area contributed by atoms with Crippen LogP contribution < -0.4 is 20.3 Å². The first-order valence-electron chi connectivity index (χ1n) is 7.08. The highest BCUT2D eigenvalue weighted by atomic mass is 16.7. The van der Waals surface area contributed by atoms with E-state index in [4.69, 9.17) is 18.9 Å². The average Bonchev–Trinajstić information content (AvgIpc) is 2.98. The van der Waals surface area contributed by atoms with Crippen LogP contribution in [0.4, 0.5) is 4.79 Å². The van der Waals surface area contributed by atoms with Crippen molar-refractivity contribution in [2.45, 2.75) is 32.5 Å². The summed E-state index contributed by atoms with van der Waals surface area (Å²) in [5.41, 5.74) is 0.759.